The Bertz CT molecular complexity index is 472. The fourth-order valence-corrected chi connectivity index (χ4v) is 2.25. The first kappa shape index (κ1) is 14.9. The molecule has 2 N–H and O–H groups in total. The Labute approximate surface area is 122 Å². The average molecular weight is 272 g/mol. The van der Waals surface area contributed by atoms with Crippen molar-refractivity contribution in [2.75, 3.05) is 33.3 Å². The third-order valence-electron chi connectivity index (χ3n) is 3.75. The lowest BCUT2D eigenvalue weighted by Crippen LogP contribution is -2.26. The second-order valence-electron chi connectivity index (χ2n) is 5.61. The quantitative estimate of drug-likeness (QED) is 0.805. The van der Waals surface area contributed by atoms with Crippen molar-refractivity contribution in [1.82, 2.24) is 4.90 Å². The molecule has 1 aromatic carbocycles. The van der Waals surface area contributed by atoms with Gasteiger partial charge in [0.25, 0.3) is 0 Å². The van der Waals surface area contributed by atoms with Crippen LogP contribution in [0.15, 0.2) is 24.3 Å². The van der Waals surface area contributed by atoms with E-state index in [4.69, 9.17) is 10.5 Å². The number of hydrogen-bond acceptors (Lipinski definition) is 3. The van der Waals surface area contributed by atoms with Crippen LogP contribution < -0.4 is 10.5 Å². The molecule has 1 saturated carbocycles. The second kappa shape index (κ2) is 7.33. The maximum absolute atomic E-state index is 5.75. The van der Waals surface area contributed by atoms with E-state index in [1.807, 2.05) is 24.3 Å². The lowest BCUT2D eigenvalue weighted by molar-refractivity contribution is 0.230. The van der Waals surface area contributed by atoms with Gasteiger partial charge in [-0.25, -0.2) is 0 Å². The summed E-state index contributed by atoms with van der Waals surface area (Å²) < 4.78 is 5.75. The predicted octanol–water partition coefficient (Wildman–Crippen LogP) is 1.96. The zero-order valence-electron chi connectivity index (χ0n) is 12.4. The van der Waals surface area contributed by atoms with Crippen molar-refractivity contribution in [2.24, 2.45) is 17.6 Å². The molecule has 2 atom stereocenters. The van der Waals surface area contributed by atoms with Crippen LogP contribution in [0.1, 0.15) is 18.9 Å². The van der Waals surface area contributed by atoms with Crippen LogP contribution >= 0.6 is 0 Å². The highest BCUT2D eigenvalue weighted by Crippen LogP contribution is 2.37. The summed E-state index contributed by atoms with van der Waals surface area (Å²) >= 11 is 0. The Morgan fingerprint density at radius 3 is 2.65 bits per heavy atom. The molecule has 3 heteroatoms. The Morgan fingerprint density at radius 1 is 1.35 bits per heavy atom. The highest BCUT2D eigenvalue weighted by atomic mass is 16.5. The molecular weight excluding hydrogens is 248 g/mol. The smallest absolute Gasteiger partial charge is 0.119 e. The van der Waals surface area contributed by atoms with Crippen molar-refractivity contribution in [3.8, 4) is 17.6 Å². The summed E-state index contributed by atoms with van der Waals surface area (Å²) in [4.78, 5) is 2.36. The Kier molecular flexibility index (Phi) is 5.46. The van der Waals surface area contributed by atoms with Crippen molar-refractivity contribution >= 4 is 0 Å². The SMILES string of the molecule is CC1CC1CN(C)CCOc1ccc(C#CCN)cc1. The summed E-state index contributed by atoms with van der Waals surface area (Å²) in [6.07, 6.45) is 1.39. The van der Waals surface area contributed by atoms with E-state index in [1.54, 1.807) is 0 Å². The first-order chi connectivity index (χ1) is 9.69. The van der Waals surface area contributed by atoms with Gasteiger partial charge >= 0.3 is 0 Å². The van der Waals surface area contributed by atoms with E-state index in [1.165, 1.54) is 13.0 Å². The normalized spacial score (nSPS) is 20.4. The van der Waals surface area contributed by atoms with Crippen LogP contribution in [0, 0.1) is 23.7 Å². The molecule has 0 radical (unpaired) electrons. The van der Waals surface area contributed by atoms with Crippen molar-refractivity contribution in [3.63, 3.8) is 0 Å². The third kappa shape index (κ3) is 4.88. The minimum Gasteiger partial charge on any atom is -0.492 e. The van der Waals surface area contributed by atoms with Gasteiger partial charge in [-0.2, -0.15) is 0 Å². The van der Waals surface area contributed by atoms with Crippen molar-refractivity contribution in [2.45, 2.75) is 13.3 Å². The molecule has 2 rings (SSSR count). The number of likely N-dealkylation sites (N-methyl/N-ethyl adjacent to an activating group) is 1. The van der Waals surface area contributed by atoms with Gasteiger partial charge in [-0.3, -0.25) is 0 Å². The molecule has 1 aliphatic rings. The van der Waals surface area contributed by atoms with Crippen molar-refractivity contribution < 1.29 is 4.74 Å². The van der Waals surface area contributed by atoms with Gasteiger partial charge in [0.15, 0.2) is 0 Å². The standard InChI is InChI=1S/C17H24N2O/c1-14-12-16(14)13-19(2)10-11-20-17-7-5-15(6-8-17)4-3-9-18/h5-8,14,16H,9-13,18H2,1-2H3. The number of rotatable bonds is 6. The molecule has 108 valence electrons. The topological polar surface area (TPSA) is 38.5 Å². The molecule has 2 unspecified atom stereocenters. The maximum Gasteiger partial charge on any atom is 0.119 e. The molecular formula is C17H24N2O. The highest BCUT2D eigenvalue weighted by Gasteiger charge is 2.32. The number of nitrogens with zero attached hydrogens (tertiary/aromatic N) is 1. The van der Waals surface area contributed by atoms with Gasteiger partial charge in [0.1, 0.15) is 12.4 Å². The van der Waals surface area contributed by atoms with Gasteiger partial charge in [-0.1, -0.05) is 18.8 Å². The van der Waals surface area contributed by atoms with E-state index in [2.05, 4.69) is 30.7 Å². The Hall–Kier alpha value is -1.50. The molecule has 1 aliphatic carbocycles. The fourth-order valence-electron chi connectivity index (χ4n) is 2.25. The van der Waals surface area contributed by atoms with E-state index in [-0.39, 0.29) is 0 Å². The third-order valence-corrected chi connectivity index (χ3v) is 3.75. The predicted molar refractivity (Wildman–Crippen MR) is 82.6 cm³/mol. The first-order valence-corrected chi connectivity index (χ1v) is 7.29. The second-order valence-corrected chi connectivity index (χ2v) is 5.61. The largest absolute Gasteiger partial charge is 0.492 e. The summed E-state index contributed by atoms with van der Waals surface area (Å²) in [5.41, 5.74) is 6.32. The van der Waals surface area contributed by atoms with E-state index < -0.39 is 0 Å². The molecule has 1 aromatic rings. The van der Waals surface area contributed by atoms with Crippen LogP contribution in [0.25, 0.3) is 0 Å². The van der Waals surface area contributed by atoms with Crippen molar-refractivity contribution in [3.05, 3.63) is 29.8 Å². The Morgan fingerprint density at radius 2 is 2.05 bits per heavy atom. The maximum atomic E-state index is 5.75. The summed E-state index contributed by atoms with van der Waals surface area (Å²) in [7, 11) is 2.17. The monoisotopic (exact) mass is 272 g/mol. The highest BCUT2D eigenvalue weighted by molar-refractivity contribution is 5.38. The summed E-state index contributed by atoms with van der Waals surface area (Å²) in [5.74, 6) is 8.56. The van der Waals surface area contributed by atoms with Crippen LogP contribution in [0.3, 0.4) is 0 Å². The van der Waals surface area contributed by atoms with Crippen LogP contribution in [-0.4, -0.2) is 38.2 Å². The lowest BCUT2D eigenvalue weighted by atomic mass is 10.2. The molecule has 0 amide bonds. The van der Waals surface area contributed by atoms with Crippen LogP contribution in [0.4, 0.5) is 0 Å². The zero-order valence-corrected chi connectivity index (χ0v) is 12.4. The van der Waals surface area contributed by atoms with Crippen LogP contribution in [0.5, 0.6) is 5.75 Å². The summed E-state index contributed by atoms with van der Waals surface area (Å²) in [6.45, 7) is 5.61. The average Bonchev–Trinajstić information content (AvgIpc) is 3.13. The molecule has 20 heavy (non-hydrogen) atoms. The van der Waals surface area contributed by atoms with Crippen LogP contribution in [0.2, 0.25) is 0 Å². The molecule has 3 nitrogen and oxygen atoms in total. The molecule has 0 aromatic heterocycles. The van der Waals surface area contributed by atoms with Gasteiger partial charge < -0.3 is 15.4 Å². The van der Waals surface area contributed by atoms with E-state index >= 15 is 0 Å². The zero-order chi connectivity index (χ0) is 14.4. The van der Waals surface area contributed by atoms with Gasteiger partial charge in [-0.05, 0) is 49.6 Å². The molecule has 1 fully saturated rings. The van der Waals surface area contributed by atoms with E-state index in [0.29, 0.717) is 6.54 Å². The summed E-state index contributed by atoms with van der Waals surface area (Å²) in [5, 5.41) is 0. The van der Waals surface area contributed by atoms with E-state index in [0.717, 1.165) is 36.3 Å². The molecule has 0 heterocycles. The lowest BCUT2D eigenvalue weighted by Gasteiger charge is -2.16. The van der Waals surface area contributed by atoms with Gasteiger partial charge in [0.2, 0.25) is 0 Å². The number of hydrogen-bond donors (Lipinski definition) is 1. The first-order valence-electron chi connectivity index (χ1n) is 7.29. The minimum atomic E-state index is 0.393. The van der Waals surface area contributed by atoms with Crippen molar-refractivity contribution in [1.29, 1.82) is 0 Å². The molecule has 0 aliphatic heterocycles. The number of benzene rings is 1. The van der Waals surface area contributed by atoms with E-state index in [9.17, 15) is 0 Å². The fraction of sp³-hybridized carbons (Fsp3) is 0.529. The number of nitrogens with two attached hydrogens (primary N) is 1. The molecule has 0 saturated heterocycles. The number of ether oxygens (including phenoxy) is 1. The van der Waals surface area contributed by atoms with Crippen LogP contribution in [-0.2, 0) is 0 Å². The van der Waals surface area contributed by atoms with Gasteiger partial charge in [-0.15, -0.1) is 0 Å². The molecule has 0 spiro atoms. The minimum absolute atomic E-state index is 0.393. The summed E-state index contributed by atoms with van der Waals surface area (Å²) in [6, 6.07) is 7.86. The van der Waals surface area contributed by atoms with Gasteiger partial charge in [0, 0.05) is 18.7 Å². The van der Waals surface area contributed by atoms with Gasteiger partial charge in [0.05, 0.1) is 6.54 Å². The molecule has 0 bridgehead atoms. The Balaban J connectivity index is 1.68.